The molecular weight excluding hydrogens is 266 g/mol. The number of halogens is 1. The maximum Gasteiger partial charge on any atom is 0.227 e. The molecule has 0 radical (unpaired) electrons. The summed E-state index contributed by atoms with van der Waals surface area (Å²) in [5.74, 6) is 0.991. The van der Waals surface area contributed by atoms with Crippen molar-refractivity contribution >= 4 is 23.5 Å². The molecule has 6 heteroatoms. The molecule has 0 atom stereocenters. The van der Waals surface area contributed by atoms with Crippen LogP contribution in [0.5, 0.6) is 5.75 Å². The van der Waals surface area contributed by atoms with Crippen molar-refractivity contribution in [3.05, 3.63) is 41.2 Å². The number of aryl methyl sites for hydroxylation is 1. The monoisotopic (exact) mass is 279 g/mol. The topological polar surface area (TPSA) is 67.0 Å². The molecule has 2 aromatic rings. The highest BCUT2D eigenvalue weighted by molar-refractivity contribution is 6.32. The number of nitrogens with one attached hydrogen (secondary N) is 2. The Hall–Kier alpha value is -2.01. The second-order valence-corrected chi connectivity index (χ2v) is 4.36. The van der Waals surface area contributed by atoms with E-state index in [1.807, 2.05) is 6.07 Å². The van der Waals surface area contributed by atoms with Gasteiger partial charge in [-0.25, -0.2) is 4.98 Å². The molecule has 0 saturated heterocycles. The Morgan fingerprint density at radius 3 is 3.00 bits per heavy atom. The van der Waals surface area contributed by atoms with Gasteiger partial charge in [-0.1, -0.05) is 17.7 Å². The van der Waals surface area contributed by atoms with E-state index >= 15 is 0 Å². The van der Waals surface area contributed by atoms with Gasteiger partial charge in [0.1, 0.15) is 5.75 Å². The number of hydrogen-bond donors (Lipinski definition) is 2. The summed E-state index contributed by atoms with van der Waals surface area (Å²) in [7, 11) is 1.57. The van der Waals surface area contributed by atoms with Crippen LogP contribution in [0.1, 0.15) is 12.0 Å². The normalized spacial score (nSPS) is 10.2. The second-order valence-electron chi connectivity index (χ2n) is 3.95. The highest BCUT2D eigenvalue weighted by Crippen LogP contribution is 2.25. The first-order valence-electron chi connectivity index (χ1n) is 5.80. The average Bonchev–Trinajstić information content (AvgIpc) is 2.89. The van der Waals surface area contributed by atoms with Crippen molar-refractivity contribution in [2.45, 2.75) is 12.8 Å². The number of aromatic nitrogens is 2. The number of nitrogens with zero attached hydrogens (tertiary/aromatic N) is 1. The number of hydrogen-bond acceptors (Lipinski definition) is 3. The zero-order chi connectivity index (χ0) is 13.7. The molecule has 1 amide bonds. The fourth-order valence-corrected chi connectivity index (χ4v) is 1.93. The number of amides is 1. The molecule has 0 aliphatic carbocycles. The van der Waals surface area contributed by atoms with Crippen LogP contribution in [0.3, 0.4) is 0 Å². The molecule has 19 heavy (non-hydrogen) atoms. The Morgan fingerprint density at radius 1 is 1.53 bits per heavy atom. The van der Waals surface area contributed by atoms with Gasteiger partial charge in [0.15, 0.2) is 0 Å². The molecule has 0 spiro atoms. The summed E-state index contributed by atoms with van der Waals surface area (Å²) in [6.45, 7) is 0. The largest absolute Gasteiger partial charge is 0.495 e. The smallest absolute Gasteiger partial charge is 0.227 e. The molecule has 0 fully saturated rings. The van der Waals surface area contributed by atoms with Crippen LogP contribution in [0.15, 0.2) is 30.6 Å². The van der Waals surface area contributed by atoms with Crippen LogP contribution in [-0.4, -0.2) is 23.0 Å². The second kappa shape index (κ2) is 6.24. The highest BCUT2D eigenvalue weighted by atomic mass is 35.5. The van der Waals surface area contributed by atoms with Gasteiger partial charge in [0, 0.05) is 18.8 Å². The zero-order valence-electron chi connectivity index (χ0n) is 10.4. The van der Waals surface area contributed by atoms with Crippen molar-refractivity contribution in [2.24, 2.45) is 0 Å². The van der Waals surface area contributed by atoms with Crippen molar-refractivity contribution in [2.75, 3.05) is 12.4 Å². The molecule has 2 N–H and O–H groups in total. The SMILES string of the molecule is COc1ccc(CCC(=O)Nc2ncc[nH]2)cc1Cl. The van der Waals surface area contributed by atoms with E-state index in [1.54, 1.807) is 31.6 Å². The van der Waals surface area contributed by atoms with Crippen molar-refractivity contribution in [3.63, 3.8) is 0 Å². The third kappa shape index (κ3) is 3.72. The summed E-state index contributed by atoms with van der Waals surface area (Å²) in [6, 6.07) is 5.49. The number of benzene rings is 1. The van der Waals surface area contributed by atoms with E-state index < -0.39 is 0 Å². The van der Waals surface area contributed by atoms with Gasteiger partial charge in [0.25, 0.3) is 0 Å². The summed E-state index contributed by atoms with van der Waals surface area (Å²) in [5.41, 5.74) is 0.986. The molecule has 1 heterocycles. The summed E-state index contributed by atoms with van der Waals surface area (Å²) in [5, 5.41) is 3.21. The summed E-state index contributed by atoms with van der Waals surface area (Å²) in [4.78, 5) is 18.4. The number of aromatic amines is 1. The van der Waals surface area contributed by atoms with Gasteiger partial charge >= 0.3 is 0 Å². The summed E-state index contributed by atoms with van der Waals surface area (Å²) < 4.78 is 5.07. The minimum atomic E-state index is -0.0955. The standard InChI is InChI=1S/C13H14ClN3O2/c1-19-11-4-2-9(8-10(11)14)3-5-12(18)17-13-15-6-7-16-13/h2,4,6-8H,3,5H2,1H3,(H2,15,16,17,18). The Bertz CT molecular complexity index is 555. The number of imidazole rings is 1. The molecule has 0 aliphatic heterocycles. The van der Waals surface area contributed by atoms with Crippen LogP contribution in [-0.2, 0) is 11.2 Å². The number of ether oxygens (including phenoxy) is 1. The fourth-order valence-electron chi connectivity index (χ4n) is 1.65. The lowest BCUT2D eigenvalue weighted by molar-refractivity contribution is -0.116. The van der Waals surface area contributed by atoms with Crippen LogP contribution < -0.4 is 10.1 Å². The Morgan fingerprint density at radius 2 is 2.37 bits per heavy atom. The number of H-pyrrole nitrogens is 1. The number of carbonyl (C=O) groups excluding carboxylic acids is 1. The molecule has 0 aliphatic rings. The molecule has 0 saturated carbocycles. The van der Waals surface area contributed by atoms with E-state index in [0.29, 0.717) is 29.6 Å². The Labute approximate surface area is 116 Å². The minimum absolute atomic E-state index is 0.0955. The van der Waals surface area contributed by atoms with Gasteiger partial charge in [0.05, 0.1) is 12.1 Å². The first kappa shape index (κ1) is 13.4. The maximum atomic E-state index is 11.7. The van der Waals surface area contributed by atoms with Gasteiger partial charge in [-0.2, -0.15) is 0 Å². The lowest BCUT2D eigenvalue weighted by Crippen LogP contribution is -2.13. The first-order chi connectivity index (χ1) is 9.19. The van der Waals surface area contributed by atoms with Crippen molar-refractivity contribution in [3.8, 4) is 5.75 Å². The van der Waals surface area contributed by atoms with Crippen LogP contribution in [0.2, 0.25) is 5.02 Å². The Balaban J connectivity index is 1.88. The van der Waals surface area contributed by atoms with E-state index in [0.717, 1.165) is 5.56 Å². The third-order valence-electron chi connectivity index (χ3n) is 2.61. The van der Waals surface area contributed by atoms with E-state index in [4.69, 9.17) is 16.3 Å². The number of anilines is 1. The van der Waals surface area contributed by atoms with E-state index in [2.05, 4.69) is 15.3 Å². The molecule has 100 valence electrons. The van der Waals surface area contributed by atoms with Crippen molar-refractivity contribution in [1.82, 2.24) is 9.97 Å². The van der Waals surface area contributed by atoms with Crippen molar-refractivity contribution in [1.29, 1.82) is 0 Å². The predicted molar refractivity (Wildman–Crippen MR) is 73.5 cm³/mol. The molecule has 1 aromatic heterocycles. The predicted octanol–water partition coefficient (Wildman–Crippen LogP) is 2.64. The molecule has 0 bridgehead atoms. The summed E-state index contributed by atoms with van der Waals surface area (Å²) in [6.07, 6.45) is 4.21. The molecular formula is C13H14ClN3O2. The Kier molecular flexibility index (Phi) is 4.41. The fraction of sp³-hybridized carbons (Fsp3) is 0.231. The zero-order valence-corrected chi connectivity index (χ0v) is 11.2. The van der Waals surface area contributed by atoms with E-state index in [1.165, 1.54) is 0 Å². The lowest BCUT2D eigenvalue weighted by Gasteiger charge is -2.06. The lowest BCUT2D eigenvalue weighted by atomic mass is 10.1. The highest BCUT2D eigenvalue weighted by Gasteiger charge is 2.06. The number of methoxy groups -OCH3 is 1. The van der Waals surface area contributed by atoms with Crippen LogP contribution >= 0.6 is 11.6 Å². The van der Waals surface area contributed by atoms with Gasteiger partial charge in [-0.05, 0) is 24.1 Å². The van der Waals surface area contributed by atoms with Gasteiger partial charge in [-0.15, -0.1) is 0 Å². The number of carbonyl (C=O) groups is 1. The van der Waals surface area contributed by atoms with Crippen LogP contribution in [0.25, 0.3) is 0 Å². The summed E-state index contributed by atoms with van der Waals surface area (Å²) >= 11 is 6.02. The van der Waals surface area contributed by atoms with Gasteiger partial charge < -0.3 is 9.72 Å². The molecule has 1 aromatic carbocycles. The van der Waals surface area contributed by atoms with E-state index in [-0.39, 0.29) is 5.91 Å². The van der Waals surface area contributed by atoms with E-state index in [9.17, 15) is 4.79 Å². The van der Waals surface area contributed by atoms with Crippen LogP contribution in [0, 0.1) is 0 Å². The number of rotatable bonds is 5. The molecule has 5 nitrogen and oxygen atoms in total. The first-order valence-corrected chi connectivity index (χ1v) is 6.18. The quantitative estimate of drug-likeness (QED) is 0.884. The van der Waals surface area contributed by atoms with Gasteiger partial charge in [-0.3, -0.25) is 10.1 Å². The molecule has 2 rings (SSSR count). The third-order valence-corrected chi connectivity index (χ3v) is 2.91. The molecule has 0 unspecified atom stereocenters. The maximum absolute atomic E-state index is 11.7. The van der Waals surface area contributed by atoms with Gasteiger partial charge in [0.2, 0.25) is 11.9 Å². The van der Waals surface area contributed by atoms with Crippen LogP contribution in [0.4, 0.5) is 5.95 Å². The van der Waals surface area contributed by atoms with Crippen molar-refractivity contribution < 1.29 is 9.53 Å². The average molecular weight is 280 g/mol. The minimum Gasteiger partial charge on any atom is -0.495 e.